The van der Waals surface area contributed by atoms with Gasteiger partial charge in [-0.2, -0.15) is 0 Å². The highest BCUT2D eigenvalue weighted by molar-refractivity contribution is 9.10. The first-order chi connectivity index (χ1) is 10.1. The van der Waals surface area contributed by atoms with Crippen LogP contribution in [0, 0.1) is 5.82 Å². The molecule has 1 unspecified atom stereocenters. The number of nitrogens with one attached hydrogen (secondary N) is 1. The van der Waals surface area contributed by atoms with Crippen molar-refractivity contribution in [3.8, 4) is 11.5 Å². The van der Waals surface area contributed by atoms with Crippen LogP contribution >= 0.6 is 15.9 Å². The number of hydrogen-bond donors (Lipinski definition) is 1. The van der Waals surface area contributed by atoms with Gasteiger partial charge in [0.15, 0.2) is 0 Å². The average Bonchev–Trinajstić information content (AvgIpc) is 2.45. The van der Waals surface area contributed by atoms with Gasteiger partial charge in [0.05, 0.1) is 6.20 Å². The summed E-state index contributed by atoms with van der Waals surface area (Å²) >= 11 is 3.34. The Morgan fingerprint density at radius 2 is 2.19 bits per heavy atom. The van der Waals surface area contributed by atoms with Crippen molar-refractivity contribution in [3.63, 3.8) is 0 Å². The molecule has 2 aromatic rings. The van der Waals surface area contributed by atoms with Crippen LogP contribution < -0.4 is 10.1 Å². The fourth-order valence-electron chi connectivity index (χ4n) is 2.06. The minimum absolute atomic E-state index is 0.124. The third-order valence-electron chi connectivity index (χ3n) is 3.05. The first-order valence-corrected chi connectivity index (χ1v) is 7.71. The molecule has 0 bridgehead atoms. The van der Waals surface area contributed by atoms with Gasteiger partial charge in [-0.05, 0) is 54.0 Å². The van der Waals surface area contributed by atoms with Crippen molar-refractivity contribution in [1.29, 1.82) is 0 Å². The highest BCUT2D eigenvalue weighted by Crippen LogP contribution is 2.32. The zero-order chi connectivity index (χ0) is 15.2. The van der Waals surface area contributed by atoms with E-state index in [9.17, 15) is 4.39 Å². The predicted molar refractivity (Wildman–Crippen MR) is 85.1 cm³/mol. The van der Waals surface area contributed by atoms with Crippen LogP contribution in [0.3, 0.4) is 0 Å². The second-order valence-electron chi connectivity index (χ2n) is 4.77. The largest absolute Gasteiger partial charge is 0.455 e. The van der Waals surface area contributed by atoms with Gasteiger partial charge in [-0.3, -0.25) is 4.98 Å². The third-order valence-corrected chi connectivity index (χ3v) is 3.49. The molecular formula is C16H18BrFN2O. The van der Waals surface area contributed by atoms with E-state index in [1.54, 1.807) is 30.6 Å². The van der Waals surface area contributed by atoms with Crippen molar-refractivity contribution in [1.82, 2.24) is 10.3 Å². The second kappa shape index (κ2) is 7.52. The van der Waals surface area contributed by atoms with Crippen LogP contribution in [0.1, 0.15) is 31.9 Å². The van der Waals surface area contributed by atoms with Crippen LogP contribution in [0.4, 0.5) is 4.39 Å². The van der Waals surface area contributed by atoms with Gasteiger partial charge in [0, 0.05) is 22.3 Å². The molecule has 0 fully saturated rings. The van der Waals surface area contributed by atoms with Gasteiger partial charge in [0.25, 0.3) is 0 Å². The van der Waals surface area contributed by atoms with E-state index in [0.29, 0.717) is 17.1 Å². The lowest BCUT2D eigenvalue weighted by Crippen LogP contribution is -2.20. The van der Waals surface area contributed by atoms with Crippen molar-refractivity contribution >= 4 is 15.9 Å². The number of halogens is 2. The van der Waals surface area contributed by atoms with Crippen LogP contribution in [-0.4, -0.2) is 11.5 Å². The molecule has 3 nitrogen and oxygen atoms in total. The fourth-order valence-corrected chi connectivity index (χ4v) is 2.41. The Morgan fingerprint density at radius 1 is 1.38 bits per heavy atom. The van der Waals surface area contributed by atoms with Gasteiger partial charge >= 0.3 is 0 Å². The minimum atomic E-state index is -0.272. The van der Waals surface area contributed by atoms with E-state index in [0.717, 1.165) is 17.4 Å². The van der Waals surface area contributed by atoms with Gasteiger partial charge in [-0.1, -0.05) is 13.0 Å². The lowest BCUT2D eigenvalue weighted by Gasteiger charge is -2.18. The Hall–Kier alpha value is -1.46. The zero-order valence-electron chi connectivity index (χ0n) is 12.1. The van der Waals surface area contributed by atoms with Crippen molar-refractivity contribution < 1.29 is 9.13 Å². The van der Waals surface area contributed by atoms with E-state index in [1.807, 2.05) is 6.92 Å². The van der Waals surface area contributed by atoms with Crippen molar-refractivity contribution in [2.75, 3.05) is 6.54 Å². The molecule has 1 heterocycles. The Morgan fingerprint density at radius 3 is 2.90 bits per heavy atom. The van der Waals surface area contributed by atoms with E-state index in [-0.39, 0.29) is 11.9 Å². The zero-order valence-corrected chi connectivity index (χ0v) is 13.7. The predicted octanol–water partition coefficient (Wildman–Crippen LogP) is 4.84. The molecule has 1 N–H and O–H groups in total. The lowest BCUT2D eigenvalue weighted by molar-refractivity contribution is 0.444. The highest BCUT2D eigenvalue weighted by atomic mass is 79.9. The Labute approximate surface area is 132 Å². The highest BCUT2D eigenvalue weighted by Gasteiger charge is 2.17. The number of nitrogens with zero attached hydrogens (tertiary/aromatic N) is 1. The van der Waals surface area contributed by atoms with E-state index >= 15 is 0 Å². The summed E-state index contributed by atoms with van der Waals surface area (Å²) in [4.78, 5) is 4.05. The molecule has 112 valence electrons. The molecule has 21 heavy (non-hydrogen) atoms. The molecule has 0 aliphatic rings. The number of rotatable bonds is 6. The van der Waals surface area contributed by atoms with E-state index in [2.05, 4.69) is 33.2 Å². The van der Waals surface area contributed by atoms with Crippen LogP contribution in [0.5, 0.6) is 11.5 Å². The Kier molecular flexibility index (Phi) is 5.70. The summed E-state index contributed by atoms with van der Waals surface area (Å²) in [5.41, 5.74) is 0.533. The molecule has 0 saturated heterocycles. The fraction of sp³-hybridized carbons (Fsp3) is 0.312. The van der Waals surface area contributed by atoms with Crippen molar-refractivity contribution in [3.05, 3.63) is 52.5 Å². The Balaban J connectivity index is 2.28. The van der Waals surface area contributed by atoms with Gasteiger partial charge in [0.1, 0.15) is 17.3 Å². The molecule has 2 rings (SSSR count). The molecule has 1 aromatic carbocycles. The van der Waals surface area contributed by atoms with E-state index < -0.39 is 0 Å². The smallest absolute Gasteiger partial charge is 0.146 e. The van der Waals surface area contributed by atoms with E-state index in [1.165, 1.54) is 6.07 Å². The van der Waals surface area contributed by atoms with E-state index in [4.69, 9.17) is 4.74 Å². The number of pyridine rings is 1. The molecule has 1 atom stereocenters. The summed E-state index contributed by atoms with van der Waals surface area (Å²) in [6.07, 6.45) is 4.26. The molecule has 0 aliphatic carbocycles. The summed E-state index contributed by atoms with van der Waals surface area (Å²) in [6.45, 7) is 4.83. The molecular weight excluding hydrogens is 335 g/mol. The van der Waals surface area contributed by atoms with Gasteiger partial charge in [0.2, 0.25) is 0 Å². The summed E-state index contributed by atoms with van der Waals surface area (Å²) in [7, 11) is 0. The number of ether oxygens (including phenoxy) is 1. The van der Waals surface area contributed by atoms with Crippen LogP contribution in [0.25, 0.3) is 0 Å². The van der Waals surface area contributed by atoms with Crippen LogP contribution in [0.15, 0.2) is 41.1 Å². The maximum atomic E-state index is 14.2. The van der Waals surface area contributed by atoms with Crippen molar-refractivity contribution in [2.45, 2.75) is 26.3 Å². The summed E-state index contributed by atoms with van der Waals surface area (Å²) in [5, 5.41) is 3.28. The third kappa shape index (κ3) is 4.25. The summed E-state index contributed by atoms with van der Waals surface area (Å²) < 4.78 is 20.8. The summed E-state index contributed by atoms with van der Waals surface area (Å²) in [6, 6.07) is 6.54. The number of aromatic nitrogens is 1. The van der Waals surface area contributed by atoms with Crippen molar-refractivity contribution in [2.24, 2.45) is 0 Å². The first-order valence-electron chi connectivity index (χ1n) is 6.92. The molecule has 0 spiro atoms. The average molecular weight is 353 g/mol. The normalized spacial score (nSPS) is 12.2. The SMILES string of the molecule is CCCNC(C)c1c(F)cccc1Oc1cncc(Br)c1. The number of benzene rings is 1. The molecule has 0 saturated carbocycles. The lowest BCUT2D eigenvalue weighted by atomic mass is 10.1. The molecule has 0 amide bonds. The standard InChI is InChI=1S/C16H18BrFN2O/c1-3-7-20-11(2)16-14(18)5-4-6-15(16)21-13-8-12(17)9-19-10-13/h4-6,8-11,20H,3,7H2,1-2H3. The maximum Gasteiger partial charge on any atom is 0.146 e. The van der Waals surface area contributed by atoms with Gasteiger partial charge < -0.3 is 10.1 Å². The van der Waals surface area contributed by atoms with Gasteiger partial charge in [-0.25, -0.2) is 4.39 Å². The second-order valence-corrected chi connectivity index (χ2v) is 5.68. The quantitative estimate of drug-likeness (QED) is 0.807. The molecule has 0 aliphatic heterocycles. The van der Waals surface area contributed by atoms with Crippen LogP contribution in [-0.2, 0) is 0 Å². The van der Waals surface area contributed by atoms with Crippen LogP contribution in [0.2, 0.25) is 0 Å². The molecule has 5 heteroatoms. The Bertz CT molecular complexity index is 607. The minimum Gasteiger partial charge on any atom is -0.455 e. The summed E-state index contributed by atoms with van der Waals surface area (Å²) in [5.74, 6) is 0.802. The maximum absolute atomic E-state index is 14.2. The number of hydrogen-bond acceptors (Lipinski definition) is 3. The van der Waals surface area contributed by atoms with Gasteiger partial charge in [-0.15, -0.1) is 0 Å². The molecule has 0 radical (unpaired) electrons. The monoisotopic (exact) mass is 352 g/mol. The molecule has 1 aromatic heterocycles. The topological polar surface area (TPSA) is 34.1 Å². The first kappa shape index (κ1) is 15.9.